The van der Waals surface area contributed by atoms with Gasteiger partial charge < -0.3 is 0 Å². The molecule has 0 unspecified atom stereocenters. The Bertz CT molecular complexity index is 130. The van der Waals surface area contributed by atoms with E-state index in [1.165, 1.54) is 11.8 Å². The molecular formula is C5H9NS3. The second kappa shape index (κ2) is 5.26. The van der Waals surface area contributed by atoms with Crippen LogP contribution in [0.5, 0.6) is 0 Å². The van der Waals surface area contributed by atoms with Crippen molar-refractivity contribution in [2.45, 2.75) is 0 Å². The van der Waals surface area contributed by atoms with Crippen LogP contribution in [0.3, 0.4) is 0 Å². The maximum absolute atomic E-state index is 4.02. The van der Waals surface area contributed by atoms with E-state index in [1.807, 2.05) is 6.26 Å². The molecule has 0 aliphatic heterocycles. The standard InChI is InChI=1S/C5H9NS3/c1-4(7)9-5(6-2)8-3/h7H,1H2,2-3H3/b6-5-. The van der Waals surface area contributed by atoms with E-state index in [9.17, 15) is 0 Å². The average molecular weight is 179 g/mol. The molecule has 0 rings (SSSR count). The first kappa shape index (κ1) is 9.46. The van der Waals surface area contributed by atoms with Crippen molar-refractivity contribution in [2.24, 2.45) is 4.99 Å². The molecule has 9 heavy (non-hydrogen) atoms. The van der Waals surface area contributed by atoms with Gasteiger partial charge in [0.15, 0.2) is 0 Å². The summed E-state index contributed by atoms with van der Waals surface area (Å²) in [7, 11) is 1.76. The molecule has 0 aromatic carbocycles. The Kier molecular flexibility index (Phi) is 5.53. The molecule has 0 aromatic heterocycles. The number of nitrogens with zero attached hydrogens (tertiary/aromatic N) is 1. The predicted octanol–water partition coefficient (Wildman–Crippen LogP) is 2.47. The fraction of sp³-hybridized carbons (Fsp3) is 0.400. The number of hydrogen-bond acceptors (Lipinski definition) is 4. The minimum absolute atomic E-state index is 0.782. The van der Waals surface area contributed by atoms with Gasteiger partial charge in [0.1, 0.15) is 4.38 Å². The summed E-state index contributed by atoms with van der Waals surface area (Å²) in [6, 6.07) is 0. The molecule has 0 saturated heterocycles. The van der Waals surface area contributed by atoms with Gasteiger partial charge in [-0.15, -0.1) is 24.4 Å². The number of hydrogen-bond donors (Lipinski definition) is 1. The highest BCUT2D eigenvalue weighted by Gasteiger charge is 1.95. The Morgan fingerprint density at radius 2 is 2.22 bits per heavy atom. The summed E-state index contributed by atoms with van der Waals surface area (Å²) in [4.78, 5) is 3.98. The van der Waals surface area contributed by atoms with Gasteiger partial charge in [-0.2, -0.15) is 0 Å². The van der Waals surface area contributed by atoms with E-state index in [2.05, 4.69) is 24.2 Å². The third-order valence-corrected chi connectivity index (χ3v) is 2.71. The third-order valence-electron chi connectivity index (χ3n) is 0.562. The normalized spacial score (nSPS) is 11.7. The highest BCUT2D eigenvalue weighted by molar-refractivity contribution is 8.43. The Morgan fingerprint density at radius 1 is 1.67 bits per heavy atom. The molecule has 0 amide bonds. The lowest BCUT2D eigenvalue weighted by Crippen LogP contribution is -1.80. The van der Waals surface area contributed by atoms with E-state index >= 15 is 0 Å². The maximum atomic E-state index is 4.02. The maximum Gasteiger partial charge on any atom is 0.129 e. The molecule has 0 heterocycles. The highest BCUT2D eigenvalue weighted by Crippen LogP contribution is 2.23. The number of aliphatic imine (C=N–C) groups is 1. The van der Waals surface area contributed by atoms with Crippen LogP contribution in [0.4, 0.5) is 0 Å². The monoisotopic (exact) mass is 179 g/mol. The smallest absolute Gasteiger partial charge is 0.129 e. The summed E-state index contributed by atoms with van der Waals surface area (Å²) in [5, 5.41) is 0. The van der Waals surface area contributed by atoms with Crippen molar-refractivity contribution in [3.8, 4) is 0 Å². The van der Waals surface area contributed by atoms with E-state index in [0.717, 1.165) is 8.61 Å². The lowest BCUT2D eigenvalue weighted by atomic mass is 11.3. The molecule has 0 aliphatic rings. The second-order valence-corrected chi connectivity index (χ2v) is 4.17. The quantitative estimate of drug-likeness (QED) is 0.377. The van der Waals surface area contributed by atoms with Crippen LogP contribution in [-0.2, 0) is 0 Å². The molecule has 0 atom stereocenters. The summed E-state index contributed by atoms with van der Waals surface area (Å²) >= 11 is 7.10. The molecule has 0 aromatic rings. The Labute approximate surface area is 69.8 Å². The molecule has 0 N–H and O–H groups in total. The predicted molar refractivity (Wildman–Crippen MR) is 52.6 cm³/mol. The van der Waals surface area contributed by atoms with E-state index < -0.39 is 0 Å². The molecule has 52 valence electrons. The molecule has 1 nitrogen and oxygen atoms in total. The van der Waals surface area contributed by atoms with Gasteiger partial charge >= 0.3 is 0 Å². The molecule has 0 spiro atoms. The van der Waals surface area contributed by atoms with Gasteiger partial charge in [-0.05, 0) is 6.26 Å². The summed E-state index contributed by atoms with van der Waals surface area (Å²) in [5.74, 6) is 0. The minimum Gasteiger partial charge on any atom is -0.275 e. The lowest BCUT2D eigenvalue weighted by molar-refractivity contribution is 1.48. The van der Waals surface area contributed by atoms with E-state index in [0.29, 0.717) is 0 Å². The van der Waals surface area contributed by atoms with E-state index in [-0.39, 0.29) is 0 Å². The largest absolute Gasteiger partial charge is 0.275 e. The van der Waals surface area contributed by atoms with E-state index in [4.69, 9.17) is 0 Å². The lowest BCUT2D eigenvalue weighted by Gasteiger charge is -1.97. The molecule has 0 saturated carbocycles. The number of thiol groups is 1. The molecule has 0 aliphatic carbocycles. The van der Waals surface area contributed by atoms with Crippen LogP contribution in [0, 0.1) is 0 Å². The van der Waals surface area contributed by atoms with Crippen molar-refractivity contribution in [1.29, 1.82) is 0 Å². The Balaban J connectivity index is 3.71. The fourth-order valence-corrected chi connectivity index (χ4v) is 1.83. The van der Waals surface area contributed by atoms with Crippen molar-refractivity contribution >= 4 is 40.5 Å². The van der Waals surface area contributed by atoms with Gasteiger partial charge in [-0.1, -0.05) is 18.3 Å². The van der Waals surface area contributed by atoms with Crippen molar-refractivity contribution in [3.05, 3.63) is 10.8 Å². The van der Waals surface area contributed by atoms with Crippen molar-refractivity contribution < 1.29 is 0 Å². The zero-order valence-corrected chi connectivity index (χ0v) is 7.95. The van der Waals surface area contributed by atoms with Gasteiger partial charge in [-0.3, -0.25) is 4.99 Å². The van der Waals surface area contributed by atoms with Crippen molar-refractivity contribution in [1.82, 2.24) is 0 Å². The molecule has 0 bridgehead atoms. The van der Waals surface area contributed by atoms with Gasteiger partial charge in [0.2, 0.25) is 0 Å². The third kappa shape index (κ3) is 4.93. The van der Waals surface area contributed by atoms with Gasteiger partial charge in [-0.25, -0.2) is 0 Å². The Morgan fingerprint density at radius 3 is 2.33 bits per heavy atom. The summed E-state index contributed by atoms with van der Waals surface area (Å²) < 4.78 is 1.78. The van der Waals surface area contributed by atoms with Crippen LogP contribution in [0.1, 0.15) is 0 Å². The topological polar surface area (TPSA) is 12.4 Å². The second-order valence-electron chi connectivity index (χ2n) is 1.19. The summed E-state index contributed by atoms with van der Waals surface area (Å²) in [5.41, 5.74) is 0. The summed E-state index contributed by atoms with van der Waals surface area (Å²) in [6.07, 6.45) is 1.98. The van der Waals surface area contributed by atoms with Gasteiger partial charge in [0.25, 0.3) is 0 Å². The van der Waals surface area contributed by atoms with Crippen LogP contribution >= 0.6 is 36.2 Å². The average Bonchev–Trinajstić information content (AvgIpc) is 1.82. The fourth-order valence-electron chi connectivity index (χ4n) is 0.279. The van der Waals surface area contributed by atoms with E-state index in [1.54, 1.807) is 18.8 Å². The highest BCUT2D eigenvalue weighted by atomic mass is 32.2. The van der Waals surface area contributed by atoms with Crippen molar-refractivity contribution in [3.63, 3.8) is 0 Å². The van der Waals surface area contributed by atoms with Gasteiger partial charge in [0.05, 0.1) is 0 Å². The Hall–Kier alpha value is 0.460. The van der Waals surface area contributed by atoms with Crippen LogP contribution in [0.2, 0.25) is 0 Å². The zero-order chi connectivity index (χ0) is 7.28. The van der Waals surface area contributed by atoms with Crippen LogP contribution in [0.15, 0.2) is 15.8 Å². The number of rotatable bonds is 1. The van der Waals surface area contributed by atoms with Crippen LogP contribution in [0.25, 0.3) is 0 Å². The molecule has 0 radical (unpaired) electrons. The molecular weight excluding hydrogens is 170 g/mol. The molecule has 0 fully saturated rings. The van der Waals surface area contributed by atoms with Crippen molar-refractivity contribution in [2.75, 3.05) is 13.3 Å². The van der Waals surface area contributed by atoms with Crippen LogP contribution in [-0.4, -0.2) is 17.7 Å². The zero-order valence-electron chi connectivity index (χ0n) is 5.42. The number of thioether (sulfide) groups is 2. The summed E-state index contributed by atoms with van der Waals surface area (Å²) in [6.45, 7) is 3.62. The first-order chi connectivity index (χ1) is 4.20. The molecule has 4 heteroatoms. The van der Waals surface area contributed by atoms with Gasteiger partial charge in [0, 0.05) is 11.3 Å². The SMILES string of the molecule is C=C(S)S/C(=N\C)SC. The minimum atomic E-state index is 0.782. The van der Waals surface area contributed by atoms with Crippen LogP contribution < -0.4 is 0 Å². The first-order valence-electron chi connectivity index (χ1n) is 2.27. The first-order valence-corrected chi connectivity index (χ1v) is 4.76.